The predicted octanol–water partition coefficient (Wildman–Crippen LogP) is 4.01. The van der Waals surface area contributed by atoms with Crippen LogP contribution in [0, 0.1) is 20.2 Å². The van der Waals surface area contributed by atoms with Crippen molar-refractivity contribution in [2.24, 2.45) is 0 Å². The van der Waals surface area contributed by atoms with Crippen molar-refractivity contribution < 1.29 is 38.5 Å². The van der Waals surface area contributed by atoms with Gasteiger partial charge in [0.2, 0.25) is 0 Å². The van der Waals surface area contributed by atoms with Gasteiger partial charge in [0.1, 0.15) is 16.9 Å². The molecular formula is C24H14ClN3O10. The van der Waals surface area contributed by atoms with Crippen LogP contribution in [0.25, 0.3) is 0 Å². The number of esters is 1. The molecule has 0 aromatic heterocycles. The summed E-state index contributed by atoms with van der Waals surface area (Å²) in [6.07, 6.45) is 0. The third-order valence-corrected chi connectivity index (χ3v) is 5.86. The first-order valence-electron chi connectivity index (χ1n) is 10.5. The Hall–Kier alpha value is -5.17. The molecule has 3 aromatic carbocycles. The summed E-state index contributed by atoms with van der Waals surface area (Å²) >= 11 is 6.29. The molecule has 0 spiro atoms. The lowest BCUT2D eigenvalue weighted by atomic mass is 10.1. The minimum Gasteiger partial charge on any atom is -0.496 e. The molecule has 0 saturated heterocycles. The van der Waals surface area contributed by atoms with Crippen molar-refractivity contribution in [3.8, 4) is 5.75 Å². The smallest absolute Gasteiger partial charge is 0.342 e. The van der Waals surface area contributed by atoms with Crippen LogP contribution in [0.2, 0.25) is 5.02 Å². The summed E-state index contributed by atoms with van der Waals surface area (Å²) in [7, 11) is 1.19. The van der Waals surface area contributed by atoms with Crippen LogP contribution in [0.4, 0.5) is 17.1 Å². The Balaban J connectivity index is 1.58. The highest BCUT2D eigenvalue weighted by atomic mass is 35.5. The topological polar surface area (TPSA) is 176 Å². The van der Waals surface area contributed by atoms with Crippen LogP contribution in [-0.2, 0) is 4.74 Å². The molecule has 14 heteroatoms. The second kappa shape index (κ2) is 10.1. The standard InChI is InChI=1S/C24H14ClN3O10/c1-37-20-10-18(26-22(30)14-3-2-4-17(28(35)36)21(14)23(26)31)16(25)9-15(20)24(32)38-11-19(29)12-5-7-13(8-6-12)27(33)34/h2-10H,11H2,1H3. The first-order valence-corrected chi connectivity index (χ1v) is 10.9. The van der Waals surface area contributed by atoms with Crippen molar-refractivity contribution in [1.29, 1.82) is 0 Å². The molecule has 1 heterocycles. The minimum atomic E-state index is -1.02. The van der Waals surface area contributed by atoms with Gasteiger partial charge in [0, 0.05) is 29.8 Å². The van der Waals surface area contributed by atoms with Crippen LogP contribution in [0.1, 0.15) is 41.4 Å². The van der Waals surface area contributed by atoms with Crippen LogP contribution in [-0.4, -0.2) is 47.1 Å². The maximum Gasteiger partial charge on any atom is 0.342 e. The molecule has 38 heavy (non-hydrogen) atoms. The number of methoxy groups -OCH3 is 1. The molecule has 192 valence electrons. The number of amides is 2. The van der Waals surface area contributed by atoms with Crippen molar-refractivity contribution in [2.75, 3.05) is 18.6 Å². The molecule has 1 aliphatic rings. The van der Waals surface area contributed by atoms with E-state index < -0.39 is 51.3 Å². The fourth-order valence-corrected chi connectivity index (χ4v) is 3.99. The lowest BCUT2D eigenvalue weighted by Crippen LogP contribution is -2.30. The number of anilines is 1. The Labute approximate surface area is 217 Å². The number of hydrogen-bond acceptors (Lipinski definition) is 10. The Morgan fingerprint density at radius 1 is 0.974 bits per heavy atom. The largest absolute Gasteiger partial charge is 0.496 e. The number of ether oxygens (including phenoxy) is 2. The zero-order valence-corrected chi connectivity index (χ0v) is 20.0. The summed E-state index contributed by atoms with van der Waals surface area (Å²) in [5, 5.41) is 21.9. The molecule has 0 aliphatic carbocycles. The fraction of sp³-hybridized carbons (Fsp3) is 0.0833. The molecule has 0 fully saturated rings. The lowest BCUT2D eigenvalue weighted by Gasteiger charge is -2.18. The SMILES string of the molecule is COc1cc(N2C(=O)c3cccc([N+](=O)[O-])c3C2=O)c(Cl)cc1C(=O)OCC(=O)c1ccc([N+](=O)[O-])cc1. The van der Waals surface area contributed by atoms with Crippen molar-refractivity contribution in [3.05, 3.63) is 102 Å². The first kappa shape index (κ1) is 25.9. The predicted molar refractivity (Wildman–Crippen MR) is 130 cm³/mol. The first-order chi connectivity index (χ1) is 18.0. The summed E-state index contributed by atoms with van der Waals surface area (Å²) < 4.78 is 10.2. The van der Waals surface area contributed by atoms with Crippen LogP contribution >= 0.6 is 11.6 Å². The normalized spacial score (nSPS) is 12.2. The molecule has 4 rings (SSSR count). The van der Waals surface area contributed by atoms with E-state index in [4.69, 9.17) is 21.1 Å². The molecule has 0 atom stereocenters. The number of carbonyl (C=O) groups excluding carboxylic acids is 4. The minimum absolute atomic E-state index is 0.0727. The highest BCUT2D eigenvalue weighted by molar-refractivity contribution is 6.40. The lowest BCUT2D eigenvalue weighted by molar-refractivity contribution is -0.385. The van der Waals surface area contributed by atoms with Gasteiger partial charge >= 0.3 is 5.97 Å². The van der Waals surface area contributed by atoms with Crippen LogP contribution in [0.5, 0.6) is 5.75 Å². The summed E-state index contributed by atoms with van der Waals surface area (Å²) in [5.41, 5.74) is -1.71. The molecule has 0 saturated carbocycles. The molecule has 0 radical (unpaired) electrons. The van der Waals surface area contributed by atoms with Crippen LogP contribution in [0.3, 0.4) is 0 Å². The summed E-state index contributed by atoms with van der Waals surface area (Å²) in [4.78, 5) is 72.3. The van der Waals surface area contributed by atoms with E-state index in [9.17, 15) is 39.4 Å². The third kappa shape index (κ3) is 4.53. The van der Waals surface area contributed by atoms with E-state index in [0.717, 1.165) is 30.3 Å². The van der Waals surface area contributed by atoms with Gasteiger partial charge in [-0.2, -0.15) is 0 Å². The maximum absolute atomic E-state index is 13.0. The molecule has 0 N–H and O–H groups in total. The maximum atomic E-state index is 13.0. The van der Waals surface area contributed by atoms with E-state index in [1.807, 2.05) is 0 Å². The Bertz CT molecular complexity index is 1550. The van der Waals surface area contributed by atoms with Gasteiger partial charge in [0.25, 0.3) is 23.2 Å². The molecule has 2 amide bonds. The number of ketones is 1. The van der Waals surface area contributed by atoms with Crippen molar-refractivity contribution in [1.82, 2.24) is 0 Å². The summed E-state index contributed by atoms with van der Waals surface area (Å²) in [6, 6.07) is 10.5. The van der Waals surface area contributed by atoms with Crippen LogP contribution < -0.4 is 9.64 Å². The fourth-order valence-electron chi connectivity index (χ4n) is 3.74. The van der Waals surface area contributed by atoms with Gasteiger partial charge < -0.3 is 9.47 Å². The highest BCUT2D eigenvalue weighted by Crippen LogP contribution is 2.40. The number of halogens is 1. The average molecular weight is 540 g/mol. The zero-order chi connectivity index (χ0) is 27.7. The summed E-state index contributed by atoms with van der Waals surface area (Å²) in [6.45, 7) is -0.707. The van der Waals surface area contributed by atoms with Gasteiger partial charge in [-0.25, -0.2) is 9.69 Å². The number of nitro groups is 2. The number of nitrogens with zero attached hydrogens (tertiary/aromatic N) is 3. The Morgan fingerprint density at radius 2 is 1.66 bits per heavy atom. The molecule has 1 aliphatic heterocycles. The Kier molecular flexibility index (Phi) is 6.86. The van der Waals surface area contributed by atoms with Crippen LogP contribution in [0.15, 0.2) is 54.6 Å². The van der Waals surface area contributed by atoms with E-state index in [0.29, 0.717) is 4.90 Å². The number of benzene rings is 3. The van der Waals surface area contributed by atoms with Gasteiger partial charge in [0.15, 0.2) is 12.4 Å². The van der Waals surface area contributed by atoms with Gasteiger partial charge in [-0.05, 0) is 24.3 Å². The van der Waals surface area contributed by atoms with Gasteiger partial charge in [-0.3, -0.25) is 34.6 Å². The van der Waals surface area contributed by atoms with Crippen molar-refractivity contribution in [2.45, 2.75) is 0 Å². The van der Waals surface area contributed by atoms with E-state index in [-0.39, 0.29) is 38.8 Å². The second-order valence-corrected chi connectivity index (χ2v) is 8.12. The number of imide groups is 1. The highest BCUT2D eigenvalue weighted by Gasteiger charge is 2.43. The van der Waals surface area contributed by atoms with E-state index in [1.165, 1.54) is 31.4 Å². The number of nitro benzene ring substituents is 2. The monoisotopic (exact) mass is 539 g/mol. The second-order valence-electron chi connectivity index (χ2n) is 7.71. The number of fused-ring (bicyclic) bond motifs is 1. The van der Waals surface area contributed by atoms with Crippen molar-refractivity contribution in [3.63, 3.8) is 0 Å². The zero-order valence-electron chi connectivity index (χ0n) is 19.2. The van der Waals surface area contributed by atoms with Gasteiger partial charge in [0.05, 0.1) is 33.2 Å². The number of rotatable bonds is 8. The number of non-ortho nitro benzene ring substituents is 1. The van der Waals surface area contributed by atoms with E-state index >= 15 is 0 Å². The molecule has 3 aromatic rings. The third-order valence-electron chi connectivity index (χ3n) is 5.55. The van der Waals surface area contributed by atoms with Gasteiger partial charge in [-0.1, -0.05) is 17.7 Å². The average Bonchev–Trinajstić information content (AvgIpc) is 3.16. The van der Waals surface area contributed by atoms with Gasteiger partial charge in [-0.15, -0.1) is 0 Å². The molecular weight excluding hydrogens is 526 g/mol. The number of Topliss-reactive ketones (excluding diaryl/α,β-unsaturated/α-hetero) is 1. The van der Waals surface area contributed by atoms with E-state index in [1.54, 1.807) is 0 Å². The quantitative estimate of drug-likeness (QED) is 0.133. The number of carbonyl (C=O) groups is 4. The van der Waals surface area contributed by atoms with Crippen molar-refractivity contribution >= 4 is 52.2 Å². The number of hydrogen-bond donors (Lipinski definition) is 0. The molecule has 0 bridgehead atoms. The molecule has 13 nitrogen and oxygen atoms in total. The summed E-state index contributed by atoms with van der Waals surface area (Å²) in [5.74, 6) is -3.67. The molecule has 0 unspecified atom stereocenters. The Morgan fingerprint density at radius 3 is 2.26 bits per heavy atom. The van der Waals surface area contributed by atoms with E-state index in [2.05, 4.69) is 0 Å².